The van der Waals surface area contributed by atoms with Gasteiger partial charge in [-0.2, -0.15) is 0 Å². The van der Waals surface area contributed by atoms with Crippen LogP contribution in [0.4, 0.5) is 20.9 Å². The van der Waals surface area contributed by atoms with Crippen molar-refractivity contribution in [1.29, 1.82) is 0 Å². The van der Waals surface area contributed by atoms with Crippen LogP contribution in [0.15, 0.2) is 18.2 Å². The maximum atomic E-state index is 13.4. The Kier molecular flexibility index (Phi) is 3.02. The van der Waals surface area contributed by atoms with Gasteiger partial charge in [0.25, 0.3) is 0 Å². The molecule has 90 valence electrons. The zero-order valence-electron chi connectivity index (χ0n) is 9.99. The molecule has 0 unspecified atom stereocenters. The number of benzene rings is 1. The maximum Gasteiger partial charge on any atom is 0.190 e. The molecule has 2 aromatic rings. The second kappa shape index (κ2) is 4.33. The van der Waals surface area contributed by atoms with Crippen molar-refractivity contribution in [2.24, 2.45) is 0 Å². The number of rotatable bonds is 2. The molecule has 5 heteroatoms. The number of nitrogen functional groups attached to an aromatic ring is 1. The predicted molar refractivity (Wildman–Crippen MR) is 70.5 cm³/mol. The minimum Gasteiger partial charge on any atom is -0.396 e. The van der Waals surface area contributed by atoms with Crippen LogP contribution in [-0.2, 0) is 0 Å². The first-order valence-electron chi connectivity index (χ1n) is 5.22. The number of hydrogen-bond acceptors (Lipinski definition) is 4. The molecule has 3 nitrogen and oxygen atoms in total. The van der Waals surface area contributed by atoms with Crippen LogP contribution >= 0.6 is 11.3 Å². The van der Waals surface area contributed by atoms with Crippen LogP contribution in [0.1, 0.15) is 10.6 Å². The molecule has 0 atom stereocenters. The molecule has 1 aromatic heterocycles. The average molecular weight is 251 g/mol. The summed E-state index contributed by atoms with van der Waals surface area (Å²) in [4.78, 5) is 7.45. The highest BCUT2D eigenvalue weighted by Crippen LogP contribution is 2.30. The van der Waals surface area contributed by atoms with Crippen molar-refractivity contribution in [2.45, 2.75) is 13.8 Å². The second-order valence-corrected chi connectivity index (χ2v) is 5.08. The van der Waals surface area contributed by atoms with Gasteiger partial charge in [-0.15, -0.1) is 11.3 Å². The summed E-state index contributed by atoms with van der Waals surface area (Å²) in [6.07, 6.45) is 0. The third-order valence-corrected chi connectivity index (χ3v) is 3.82. The first-order chi connectivity index (χ1) is 7.99. The summed E-state index contributed by atoms with van der Waals surface area (Å²) in [5.74, 6) is -0.403. The van der Waals surface area contributed by atoms with E-state index in [0.29, 0.717) is 0 Å². The van der Waals surface area contributed by atoms with Crippen molar-refractivity contribution >= 4 is 27.8 Å². The summed E-state index contributed by atoms with van der Waals surface area (Å²) in [6, 6.07) is 4.76. The Morgan fingerprint density at radius 2 is 2.06 bits per heavy atom. The van der Waals surface area contributed by atoms with Crippen LogP contribution in [0, 0.1) is 19.7 Å². The number of aryl methyl sites for hydroxylation is 2. The topological polar surface area (TPSA) is 42.2 Å². The van der Waals surface area contributed by atoms with E-state index in [1.54, 1.807) is 23.5 Å². The summed E-state index contributed by atoms with van der Waals surface area (Å²) < 4.78 is 13.4. The molecule has 0 radical (unpaired) electrons. The van der Waals surface area contributed by atoms with Gasteiger partial charge in [0.05, 0.1) is 11.4 Å². The lowest BCUT2D eigenvalue weighted by molar-refractivity contribution is 0.632. The first kappa shape index (κ1) is 11.9. The third kappa shape index (κ3) is 2.24. The minimum atomic E-state index is -0.403. The third-order valence-electron chi connectivity index (χ3n) is 2.68. The molecule has 0 saturated carbocycles. The summed E-state index contributed by atoms with van der Waals surface area (Å²) in [6.45, 7) is 3.99. The quantitative estimate of drug-likeness (QED) is 0.833. The number of anilines is 3. The van der Waals surface area contributed by atoms with E-state index in [1.165, 1.54) is 10.9 Å². The number of hydrogen-bond donors (Lipinski definition) is 1. The highest BCUT2D eigenvalue weighted by atomic mass is 32.1. The summed E-state index contributed by atoms with van der Waals surface area (Å²) in [7, 11) is 1.86. The number of halogens is 1. The Morgan fingerprint density at radius 1 is 1.35 bits per heavy atom. The Balaban J connectivity index is 2.36. The first-order valence-corrected chi connectivity index (χ1v) is 6.03. The van der Waals surface area contributed by atoms with Crippen molar-refractivity contribution in [3.63, 3.8) is 0 Å². The van der Waals surface area contributed by atoms with E-state index in [4.69, 9.17) is 5.73 Å². The Hall–Kier alpha value is -1.62. The van der Waals surface area contributed by atoms with Gasteiger partial charge >= 0.3 is 0 Å². The molecule has 0 aliphatic rings. The molecule has 0 saturated heterocycles. The van der Waals surface area contributed by atoms with Crippen molar-refractivity contribution < 1.29 is 4.39 Å². The monoisotopic (exact) mass is 251 g/mol. The molecule has 0 fully saturated rings. The van der Waals surface area contributed by atoms with Crippen LogP contribution in [0.3, 0.4) is 0 Å². The largest absolute Gasteiger partial charge is 0.396 e. The molecule has 0 spiro atoms. The second-order valence-electron chi connectivity index (χ2n) is 3.90. The van der Waals surface area contributed by atoms with Crippen LogP contribution in [-0.4, -0.2) is 12.0 Å². The van der Waals surface area contributed by atoms with E-state index in [0.717, 1.165) is 16.5 Å². The lowest BCUT2D eigenvalue weighted by Crippen LogP contribution is -2.09. The van der Waals surface area contributed by atoms with Crippen LogP contribution in [0.25, 0.3) is 0 Å². The molecule has 0 amide bonds. The van der Waals surface area contributed by atoms with E-state index in [9.17, 15) is 4.39 Å². The zero-order chi connectivity index (χ0) is 12.6. The molecule has 1 heterocycles. The van der Waals surface area contributed by atoms with Crippen molar-refractivity contribution in [3.05, 3.63) is 34.6 Å². The molecule has 2 rings (SSSR count). The van der Waals surface area contributed by atoms with Crippen molar-refractivity contribution in [3.8, 4) is 0 Å². The van der Waals surface area contributed by atoms with Gasteiger partial charge < -0.3 is 10.6 Å². The fraction of sp³-hybridized carbons (Fsp3) is 0.250. The number of nitrogens with zero attached hydrogens (tertiary/aromatic N) is 2. The zero-order valence-corrected chi connectivity index (χ0v) is 10.8. The lowest BCUT2D eigenvalue weighted by Gasteiger charge is -2.16. The van der Waals surface area contributed by atoms with E-state index >= 15 is 0 Å². The van der Waals surface area contributed by atoms with Crippen molar-refractivity contribution in [1.82, 2.24) is 4.98 Å². The van der Waals surface area contributed by atoms with Gasteiger partial charge in [-0.05, 0) is 32.0 Å². The molecule has 0 aliphatic heterocycles. The average Bonchev–Trinajstić information content (AvgIpc) is 2.62. The number of aromatic nitrogens is 1. The molecule has 0 bridgehead atoms. The van der Waals surface area contributed by atoms with Gasteiger partial charge in [-0.25, -0.2) is 9.37 Å². The normalized spacial score (nSPS) is 10.6. The summed E-state index contributed by atoms with van der Waals surface area (Å²) in [5.41, 5.74) is 7.36. The SMILES string of the molecule is Cc1nc(N(C)c2ccc(N)c(F)c2)sc1C. The number of thiazole rings is 1. The lowest BCUT2D eigenvalue weighted by atomic mass is 10.2. The number of nitrogens with two attached hydrogens (primary N) is 1. The van der Waals surface area contributed by atoms with Gasteiger partial charge in [-0.3, -0.25) is 0 Å². The van der Waals surface area contributed by atoms with Crippen molar-refractivity contribution in [2.75, 3.05) is 17.7 Å². The smallest absolute Gasteiger partial charge is 0.190 e. The fourth-order valence-corrected chi connectivity index (χ4v) is 2.33. The summed E-state index contributed by atoms with van der Waals surface area (Å²) in [5, 5.41) is 0.851. The van der Waals surface area contributed by atoms with Gasteiger partial charge in [0.2, 0.25) is 0 Å². The molecule has 2 N–H and O–H groups in total. The maximum absolute atomic E-state index is 13.4. The molecule has 1 aromatic carbocycles. The Morgan fingerprint density at radius 3 is 2.59 bits per heavy atom. The Labute approximate surface area is 104 Å². The van der Waals surface area contributed by atoms with Gasteiger partial charge in [0.1, 0.15) is 5.82 Å². The standard InChI is InChI=1S/C12H14FN3S/c1-7-8(2)17-12(15-7)16(3)9-4-5-11(14)10(13)6-9/h4-6H,14H2,1-3H3. The van der Waals surface area contributed by atoms with Crippen LogP contribution in [0.5, 0.6) is 0 Å². The van der Waals surface area contributed by atoms with Gasteiger partial charge in [-0.1, -0.05) is 0 Å². The van der Waals surface area contributed by atoms with E-state index in [-0.39, 0.29) is 5.69 Å². The van der Waals surface area contributed by atoms with Gasteiger partial charge in [0, 0.05) is 17.6 Å². The summed E-state index contributed by atoms with van der Waals surface area (Å²) >= 11 is 1.59. The molecular weight excluding hydrogens is 237 g/mol. The molecular formula is C12H14FN3S. The highest BCUT2D eigenvalue weighted by molar-refractivity contribution is 7.15. The molecule has 0 aliphatic carbocycles. The van der Waals surface area contributed by atoms with E-state index in [1.807, 2.05) is 25.8 Å². The van der Waals surface area contributed by atoms with E-state index < -0.39 is 5.82 Å². The minimum absolute atomic E-state index is 0.161. The fourth-order valence-electron chi connectivity index (χ4n) is 1.43. The van der Waals surface area contributed by atoms with E-state index in [2.05, 4.69) is 4.98 Å². The van der Waals surface area contributed by atoms with Gasteiger partial charge in [0.15, 0.2) is 5.13 Å². The Bertz CT molecular complexity index is 531. The van der Waals surface area contributed by atoms with Crippen LogP contribution < -0.4 is 10.6 Å². The molecule has 17 heavy (non-hydrogen) atoms. The highest BCUT2D eigenvalue weighted by Gasteiger charge is 2.11. The van der Waals surface area contributed by atoms with Crippen LogP contribution in [0.2, 0.25) is 0 Å². The predicted octanol–water partition coefficient (Wildman–Crippen LogP) is 3.25.